The highest BCUT2D eigenvalue weighted by atomic mass is 32.1. The Morgan fingerprint density at radius 2 is 0.660 bits per heavy atom. The van der Waals surface area contributed by atoms with E-state index in [0.717, 1.165) is 60.8 Å². The number of hydrogen-bond donors (Lipinski definition) is 0. The molecule has 0 saturated carbocycles. The molecule has 0 fully saturated rings. The van der Waals surface area contributed by atoms with Crippen molar-refractivity contribution < 1.29 is 8.83 Å². The van der Waals surface area contributed by atoms with Crippen LogP contribution in [0.1, 0.15) is 0 Å². The summed E-state index contributed by atoms with van der Waals surface area (Å²) in [7, 11) is 0. The summed E-state index contributed by atoms with van der Waals surface area (Å²) in [6, 6.07) is 60.7. The molecular weight excluding hydrogens is 669 g/mol. The SMILES string of the molecule is S.c1ccc2c(c1)oc1ccc(-n3c4ccccc4c4cc(-c5ccc6oc7ccc(-n8c9ccccc9c9ccccc98)cc7c6c5)ccc43)cc12. The van der Waals surface area contributed by atoms with Crippen molar-refractivity contribution in [3.8, 4) is 22.5 Å². The molecule has 0 aliphatic carbocycles. The van der Waals surface area contributed by atoms with Gasteiger partial charge in [-0.1, -0.05) is 84.9 Å². The van der Waals surface area contributed by atoms with E-state index < -0.39 is 0 Å². The number of furan rings is 2. The van der Waals surface area contributed by atoms with Gasteiger partial charge in [-0.3, -0.25) is 0 Å². The first kappa shape index (κ1) is 30.0. The number of benzene rings is 8. The van der Waals surface area contributed by atoms with Crippen LogP contribution in [0.25, 0.3) is 110 Å². The van der Waals surface area contributed by atoms with Crippen molar-refractivity contribution >= 4 is 101 Å². The first-order valence-corrected chi connectivity index (χ1v) is 17.7. The maximum atomic E-state index is 6.40. The molecule has 0 N–H and O–H groups in total. The van der Waals surface area contributed by atoms with Crippen molar-refractivity contribution in [2.75, 3.05) is 0 Å². The lowest BCUT2D eigenvalue weighted by Crippen LogP contribution is -1.93. The van der Waals surface area contributed by atoms with Gasteiger partial charge in [-0.25, -0.2) is 0 Å². The molecule has 0 aliphatic rings. The second-order valence-electron chi connectivity index (χ2n) is 13.7. The van der Waals surface area contributed by atoms with Crippen LogP contribution in [0.3, 0.4) is 0 Å². The van der Waals surface area contributed by atoms with Gasteiger partial charge in [0.2, 0.25) is 0 Å². The van der Waals surface area contributed by atoms with E-state index >= 15 is 0 Å². The fraction of sp³-hybridized carbons (Fsp3) is 0. The Balaban J connectivity index is 0.00000331. The maximum Gasteiger partial charge on any atom is 0.135 e. The highest BCUT2D eigenvalue weighted by Crippen LogP contribution is 2.40. The average Bonchev–Trinajstić information content (AvgIpc) is 3.94. The van der Waals surface area contributed by atoms with Crippen molar-refractivity contribution in [3.63, 3.8) is 0 Å². The quantitative estimate of drug-likeness (QED) is 0.184. The number of rotatable bonds is 3. The van der Waals surface area contributed by atoms with Gasteiger partial charge in [0.05, 0.1) is 22.1 Å². The molecule has 4 aromatic heterocycles. The van der Waals surface area contributed by atoms with Crippen LogP contribution in [0.2, 0.25) is 0 Å². The minimum atomic E-state index is 0. The average molecular weight is 699 g/mol. The molecule has 5 heteroatoms. The van der Waals surface area contributed by atoms with E-state index in [1.165, 1.54) is 49.2 Å². The molecule has 4 heterocycles. The minimum Gasteiger partial charge on any atom is -0.456 e. The van der Waals surface area contributed by atoms with Crippen LogP contribution in [-0.4, -0.2) is 9.13 Å². The number of aromatic nitrogens is 2. The van der Waals surface area contributed by atoms with Gasteiger partial charge in [-0.2, -0.15) is 13.5 Å². The molecule has 12 rings (SSSR count). The first-order chi connectivity index (χ1) is 25.8. The van der Waals surface area contributed by atoms with Crippen LogP contribution in [0.4, 0.5) is 0 Å². The van der Waals surface area contributed by atoms with Crippen LogP contribution in [0.5, 0.6) is 0 Å². The second-order valence-corrected chi connectivity index (χ2v) is 13.7. The van der Waals surface area contributed by atoms with Gasteiger partial charge in [-0.15, -0.1) is 0 Å². The lowest BCUT2D eigenvalue weighted by atomic mass is 10.0. The smallest absolute Gasteiger partial charge is 0.135 e. The molecule has 8 aromatic carbocycles. The molecule has 0 saturated heterocycles. The summed E-state index contributed by atoms with van der Waals surface area (Å²) in [5.74, 6) is 0. The highest BCUT2D eigenvalue weighted by molar-refractivity contribution is 7.59. The topological polar surface area (TPSA) is 36.1 Å². The Morgan fingerprint density at radius 1 is 0.283 bits per heavy atom. The molecule has 53 heavy (non-hydrogen) atoms. The third-order valence-electron chi connectivity index (χ3n) is 10.9. The van der Waals surface area contributed by atoms with Crippen molar-refractivity contribution in [2.24, 2.45) is 0 Å². The number of fused-ring (bicyclic) bond motifs is 12. The Bertz CT molecular complexity index is 3380. The number of nitrogens with zero attached hydrogens (tertiary/aromatic N) is 2. The molecule has 0 spiro atoms. The molecule has 4 nitrogen and oxygen atoms in total. The van der Waals surface area contributed by atoms with Gasteiger partial charge in [0.1, 0.15) is 22.3 Å². The van der Waals surface area contributed by atoms with E-state index in [1.807, 2.05) is 12.1 Å². The zero-order valence-electron chi connectivity index (χ0n) is 28.4. The Labute approximate surface area is 310 Å². The fourth-order valence-electron chi connectivity index (χ4n) is 8.57. The molecule has 0 atom stereocenters. The van der Waals surface area contributed by atoms with Crippen molar-refractivity contribution in [1.82, 2.24) is 9.13 Å². The molecule has 12 aromatic rings. The van der Waals surface area contributed by atoms with Crippen LogP contribution >= 0.6 is 13.5 Å². The van der Waals surface area contributed by atoms with Gasteiger partial charge in [-0.05, 0) is 96.1 Å². The summed E-state index contributed by atoms with van der Waals surface area (Å²) >= 11 is 0. The van der Waals surface area contributed by atoms with Crippen LogP contribution < -0.4 is 0 Å². The Hall–Kier alpha value is -6.69. The largest absolute Gasteiger partial charge is 0.456 e. The van der Waals surface area contributed by atoms with Crippen molar-refractivity contribution in [1.29, 1.82) is 0 Å². The predicted molar refractivity (Wildman–Crippen MR) is 225 cm³/mol. The summed E-state index contributed by atoms with van der Waals surface area (Å²) in [6.07, 6.45) is 0. The van der Waals surface area contributed by atoms with Crippen LogP contribution in [0.15, 0.2) is 179 Å². The van der Waals surface area contributed by atoms with Crippen molar-refractivity contribution in [3.05, 3.63) is 170 Å². The van der Waals surface area contributed by atoms with Gasteiger partial charge in [0.15, 0.2) is 0 Å². The van der Waals surface area contributed by atoms with E-state index in [9.17, 15) is 0 Å². The molecular formula is C48H30N2O2S. The van der Waals surface area contributed by atoms with E-state index in [1.54, 1.807) is 0 Å². The zero-order valence-corrected chi connectivity index (χ0v) is 29.4. The maximum absolute atomic E-state index is 6.40. The van der Waals surface area contributed by atoms with E-state index in [4.69, 9.17) is 8.83 Å². The third-order valence-corrected chi connectivity index (χ3v) is 10.9. The zero-order chi connectivity index (χ0) is 33.9. The second kappa shape index (κ2) is 11.2. The van der Waals surface area contributed by atoms with Crippen molar-refractivity contribution in [2.45, 2.75) is 0 Å². The number of hydrogen-bond acceptors (Lipinski definition) is 2. The normalized spacial score (nSPS) is 12.0. The van der Waals surface area contributed by atoms with Gasteiger partial charge < -0.3 is 18.0 Å². The lowest BCUT2D eigenvalue weighted by molar-refractivity contribution is 0.668. The molecule has 0 unspecified atom stereocenters. The Morgan fingerprint density at radius 3 is 1.25 bits per heavy atom. The Kier molecular flexibility index (Phi) is 6.31. The summed E-state index contributed by atoms with van der Waals surface area (Å²) in [6.45, 7) is 0. The fourth-order valence-corrected chi connectivity index (χ4v) is 8.57. The summed E-state index contributed by atoms with van der Waals surface area (Å²) in [4.78, 5) is 0. The van der Waals surface area contributed by atoms with E-state index in [-0.39, 0.29) is 13.5 Å². The number of para-hydroxylation sites is 4. The standard InChI is InChI=1S/C48H28N2O2.H2S/c1-5-13-41-33(9-1)34-10-2-6-14-42(34)49(41)32-20-24-48-40(28-32)38-26-30(18-22-46(38)52-48)29-17-21-44-37(25-29)35-11-3-7-15-43(35)50(44)31-19-23-47-39(27-31)36-12-4-8-16-45(36)51-47;/h1-28H;1H2. The van der Waals surface area contributed by atoms with E-state index in [0.29, 0.717) is 0 Å². The monoisotopic (exact) mass is 698 g/mol. The molecule has 0 radical (unpaired) electrons. The van der Waals surface area contributed by atoms with Crippen LogP contribution in [0, 0.1) is 0 Å². The molecule has 0 amide bonds. The first-order valence-electron chi connectivity index (χ1n) is 17.7. The molecule has 0 aliphatic heterocycles. The lowest BCUT2D eigenvalue weighted by Gasteiger charge is -2.09. The van der Waals surface area contributed by atoms with Crippen LogP contribution in [-0.2, 0) is 0 Å². The molecule has 0 bridgehead atoms. The molecule has 250 valence electrons. The minimum absolute atomic E-state index is 0. The summed E-state index contributed by atoms with van der Waals surface area (Å²) < 4.78 is 17.3. The van der Waals surface area contributed by atoms with Gasteiger partial charge in [0, 0.05) is 54.5 Å². The summed E-state index contributed by atoms with van der Waals surface area (Å²) in [5, 5.41) is 9.42. The summed E-state index contributed by atoms with van der Waals surface area (Å²) in [5.41, 5.74) is 12.9. The third kappa shape index (κ3) is 4.26. The highest BCUT2D eigenvalue weighted by Gasteiger charge is 2.17. The predicted octanol–water partition coefficient (Wildman–Crippen LogP) is 13.5. The van der Waals surface area contributed by atoms with Gasteiger partial charge >= 0.3 is 0 Å². The van der Waals surface area contributed by atoms with E-state index in [2.05, 4.69) is 167 Å². The van der Waals surface area contributed by atoms with Gasteiger partial charge in [0.25, 0.3) is 0 Å².